The molecule has 19 heavy (non-hydrogen) atoms. The summed E-state index contributed by atoms with van der Waals surface area (Å²) in [5, 5.41) is 7.28. The summed E-state index contributed by atoms with van der Waals surface area (Å²) in [6.07, 6.45) is 3.75. The van der Waals surface area contributed by atoms with Crippen molar-refractivity contribution in [3.05, 3.63) is 52.8 Å². The van der Waals surface area contributed by atoms with E-state index in [-0.39, 0.29) is 5.91 Å². The summed E-state index contributed by atoms with van der Waals surface area (Å²) in [5.74, 6) is 0.00921. The van der Waals surface area contributed by atoms with Gasteiger partial charge in [-0.2, -0.15) is 5.10 Å². The van der Waals surface area contributed by atoms with Crippen LogP contribution in [0.2, 0.25) is 5.02 Å². The van der Waals surface area contributed by atoms with Gasteiger partial charge in [0.25, 0.3) is 5.91 Å². The van der Waals surface area contributed by atoms with E-state index >= 15 is 0 Å². The number of aromatic nitrogens is 2. The third-order valence-corrected chi connectivity index (χ3v) is 3.50. The maximum atomic E-state index is 12.4. The summed E-state index contributed by atoms with van der Waals surface area (Å²) in [6.45, 7) is 0.611. The quantitative estimate of drug-likeness (QED) is 0.933. The van der Waals surface area contributed by atoms with Crippen LogP contribution in [-0.4, -0.2) is 27.0 Å². The van der Waals surface area contributed by atoms with E-state index in [0.29, 0.717) is 23.3 Å². The molecule has 2 aromatic rings. The van der Waals surface area contributed by atoms with Crippen molar-refractivity contribution in [3.8, 4) is 0 Å². The molecule has 0 aliphatic heterocycles. The molecular formula is C14H14ClN3O. The maximum Gasteiger partial charge on any atom is 0.272 e. The summed E-state index contributed by atoms with van der Waals surface area (Å²) >= 11 is 5.87. The van der Waals surface area contributed by atoms with Crippen LogP contribution in [0.1, 0.15) is 28.9 Å². The van der Waals surface area contributed by atoms with E-state index in [1.54, 1.807) is 12.3 Å². The molecule has 4 nitrogen and oxygen atoms in total. The van der Waals surface area contributed by atoms with Gasteiger partial charge in [-0.05, 0) is 36.6 Å². The number of carbonyl (C=O) groups is 1. The maximum absolute atomic E-state index is 12.4. The third kappa shape index (κ3) is 2.79. The zero-order chi connectivity index (χ0) is 13.2. The first kappa shape index (κ1) is 12.2. The summed E-state index contributed by atoms with van der Waals surface area (Å²) in [6, 6.07) is 9.67. The Morgan fingerprint density at radius 2 is 2.05 bits per heavy atom. The minimum Gasteiger partial charge on any atom is -0.330 e. The summed E-state index contributed by atoms with van der Waals surface area (Å²) in [5.41, 5.74) is 1.63. The van der Waals surface area contributed by atoms with Crippen LogP contribution in [0.3, 0.4) is 0 Å². The number of rotatable bonds is 4. The summed E-state index contributed by atoms with van der Waals surface area (Å²) < 4.78 is 0. The van der Waals surface area contributed by atoms with Crippen molar-refractivity contribution >= 4 is 17.5 Å². The Hall–Kier alpha value is -1.81. The number of H-pyrrole nitrogens is 1. The Morgan fingerprint density at radius 3 is 2.63 bits per heavy atom. The summed E-state index contributed by atoms with van der Waals surface area (Å²) in [7, 11) is 0. The van der Waals surface area contributed by atoms with Crippen LogP contribution in [0.4, 0.5) is 0 Å². The average Bonchev–Trinajstić information content (AvgIpc) is 3.11. The third-order valence-electron chi connectivity index (χ3n) is 3.25. The molecule has 0 bridgehead atoms. The molecule has 1 saturated carbocycles. The van der Waals surface area contributed by atoms with Gasteiger partial charge in [0.15, 0.2) is 0 Å². The number of benzene rings is 1. The number of nitrogens with zero attached hydrogens (tertiary/aromatic N) is 2. The molecule has 0 spiro atoms. The molecule has 5 heteroatoms. The number of amides is 1. The Kier molecular flexibility index (Phi) is 3.25. The van der Waals surface area contributed by atoms with Gasteiger partial charge in [0.1, 0.15) is 5.69 Å². The Balaban J connectivity index is 1.78. The predicted molar refractivity (Wildman–Crippen MR) is 72.9 cm³/mol. The average molecular weight is 276 g/mol. The molecule has 1 amide bonds. The van der Waals surface area contributed by atoms with Gasteiger partial charge in [0.05, 0.1) is 0 Å². The second kappa shape index (κ2) is 5.05. The first-order valence-corrected chi connectivity index (χ1v) is 6.66. The molecule has 1 N–H and O–H groups in total. The number of carbonyl (C=O) groups excluding carboxylic acids is 1. The van der Waals surface area contributed by atoms with Gasteiger partial charge < -0.3 is 4.90 Å². The van der Waals surface area contributed by atoms with Gasteiger partial charge in [-0.1, -0.05) is 23.7 Å². The smallest absolute Gasteiger partial charge is 0.272 e. The van der Waals surface area contributed by atoms with Gasteiger partial charge in [0, 0.05) is 23.8 Å². The van der Waals surface area contributed by atoms with Crippen LogP contribution in [0.5, 0.6) is 0 Å². The van der Waals surface area contributed by atoms with Gasteiger partial charge >= 0.3 is 0 Å². The fraction of sp³-hybridized carbons (Fsp3) is 0.286. The SMILES string of the molecule is O=C(c1ccn[nH]1)N(Cc1ccc(Cl)cc1)C1CC1. The largest absolute Gasteiger partial charge is 0.330 e. The van der Waals surface area contributed by atoms with Crippen LogP contribution in [-0.2, 0) is 6.54 Å². The van der Waals surface area contributed by atoms with Gasteiger partial charge in [-0.3, -0.25) is 9.89 Å². The van der Waals surface area contributed by atoms with Gasteiger partial charge in [-0.15, -0.1) is 0 Å². The van der Waals surface area contributed by atoms with Gasteiger partial charge in [0.2, 0.25) is 0 Å². The number of nitrogens with one attached hydrogen (secondary N) is 1. The minimum absolute atomic E-state index is 0.00921. The van der Waals surface area contributed by atoms with E-state index in [9.17, 15) is 4.79 Å². The number of aromatic amines is 1. The van der Waals surface area contributed by atoms with Crippen molar-refractivity contribution in [3.63, 3.8) is 0 Å². The molecule has 1 aliphatic carbocycles. The highest BCUT2D eigenvalue weighted by molar-refractivity contribution is 6.30. The number of halogens is 1. The first-order valence-electron chi connectivity index (χ1n) is 6.29. The van der Waals surface area contributed by atoms with E-state index in [1.165, 1.54) is 0 Å². The van der Waals surface area contributed by atoms with Crippen LogP contribution in [0, 0.1) is 0 Å². The lowest BCUT2D eigenvalue weighted by atomic mass is 10.2. The predicted octanol–water partition coefficient (Wildman–Crippen LogP) is 2.87. The van der Waals surface area contributed by atoms with E-state index in [0.717, 1.165) is 18.4 Å². The van der Waals surface area contributed by atoms with Crippen molar-refractivity contribution in [2.45, 2.75) is 25.4 Å². The van der Waals surface area contributed by atoms with Crippen molar-refractivity contribution in [2.75, 3.05) is 0 Å². The molecular weight excluding hydrogens is 262 g/mol. The number of hydrogen-bond acceptors (Lipinski definition) is 2. The highest BCUT2D eigenvalue weighted by Crippen LogP contribution is 2.29. The molecule has 0 saturated heterocycles. The number of hydrogen-bond donors (Lipinski definition) is 1. The Labute approximate surface area is 116 Å². The minimum atomic E-state index is 0.00921. The molecule has 0 unspecified atom stereocenters. The second-order valence-corrected chi connectivity index (χ2v) is 5.20. The highest BCUT2D eigenvalue weighted by Gasteiger charge is 2.33. The highest BCUT2D eigenvalue weighted by atomic mass is 35.5. The Morgan fingerprint density at radius 1 is 1.32 bits per heavy atom. The van der Waals surface area contributed by atoms with Crippen LogP contribution < -0.4 is 0 Å². The zero-order valence-electron chi connectivity index (χ0n) is 10.3. The molecule has 3 rings (SSSR count). The molecule has 1 fully saturated rings. The fourth-order valence-electron chi connectivity index (χ4n) is 2.07. The molecule has 1 aromatic carbocycles. The fourth-order valence-corrected chi connectivity index (χ4v) is 2.20. The van der Waals surface area contributed by atoms with Crippen molar-refractivity contribution in [1.82, 2.24) is 15.1 Å². The van der Waals surface area contributed by atoms with E-state index in [4.69, 9.17) is 11.6 Å². The van der Waals surface area contributed by atoms with Gasteiger partial charge in [-0.25, -0.2) is 0 Å². The zero-order valence-corrected chi connectivity index (χ0v) is 11.1. The monoisotopic (exact) mass is 275 g/mol. The Bertz CT molecular complexity index is 561. The molecule has 1 heterocycles. The van der Waals surface area contributed by atoms with Crippen LogP contribution in [0.25, 0.3) is 0 Å². The molecule has 1 aliphatic rings. The molecule has 1 aromatic heterocycles. The second-order valence-electron chi connectivity index (χ2n) is 4.76. The van der Waals surface area contributed by atoms with Crippen LogP contribution >= 0.6 is 11.6 Å². The molecule has 98 valence electrons. The lowest BCUT2D eigenvalue weighted by molar-refractivity contribution is 0.0724. The van der Waals surface area contributed by atoms with E-state index < -0.39 is 0 Å². The first-order chi connectivity index (χ1) is 9.24. The van der Waals surface area contributed by atoms with Crippen molar-refractivity contribution in [2.24, 2.45) is 0 Å². The van der Waals surface area contributed by atoms with E-state index in [2.05, 4.69) is 10.2 Å². The normalized spacial score (nSPS) is 14.4. The lowest BCUT2D eigenvalue weighted by Gasteiger charge is -2.21. The molecule has 0 atom stereocenters. The summed E-state index contributed by atoms with van der Waals surface area (Å²) in [4.78, 5) is 14.3. The van der Waals surface area contributed by atoms with Crippen molar-refractivity contribution in [1.29, 1.82) is 0 Å². The lowest BCUT2D eigenvalue weighted by Crippen LogP contribution is -2.32. The standard InChI is InChI=1S/C14H14ClN3O/c15-11-3-1-10(2-4-11)9-18(12-5-6-12)14(19)13-7-8-16-17-13/h1-4,7-8,12H,5-6,9H2,(H,16,17). The van der Waals surface area contributed by atoms with E-state index in [1.807, 2.05) is 29.2 Å². The van der Waals surface area contributed by atoms with Crippen molar-refractivity contribution < 1.29 is 4.79 Å². The topological polar surface area (TPSA) is 49.0 Å². The molecule has 0 radical (unpaired) electrons. The van der Waals surface area contributed by atoms with Crippen LogP contribution in [0.15, 0.2) is 36.5 Å².